The zero-order valence-electron chi connectivity index (χ0n) is 24.3. The molecule has 2 heterocycles. The van der Waals surface area contributed by atoms with Crippen LogP contribution in [0.15, 0.2) is 78.9 Å². The molecule has 0 spiro atoms. The van der Waals surface area contributed by atoms with Crippen LogP contribution in [0, 0.1) is 6.92 Å². The zero-order chi connectivity index (χ0) is 30.7. The summed E-state index contributed by atoms with van der Waals surface area (Å²) < 4.78 is -0.614. The van der Waals surface area contributed by atoms with Gasteiger partial charge in [0.05, 0.1) is 18.5 Å². The number of carbonyl (C=O) groups is 3. The fourth-order valence-corrected chi connectivity index (χ4v) is 6.63. The number of para-hydroxylation sites is 1. The first kappa shape index (κ1) is 30.2. The smallest absolute Gasteiger partial charge is 0.254 e. The number of fused-ring (bicyclic) bond motifs is 1. The Balaban J connectivity index is 1.35. The molecule has 0 aliphatic carbocycles. The van der Waals surface area contributed by atoms with Gasteiger partial charge in [0.2, 0.25) is 5.91 Å². The lowest BCUT2D eigenvalue weighted by atomic mass is 9.96. The summed E-state index contributed by atoms with van der Waals surface area (Å²) >= 11 is 1.46. The maximum atomic E-state index is 13.9. The van der Waals surface area contributed by atoms with Gasteiger partial charge in [0, 0.05) is 27.1 Å². The van der Waals surface area contributed by atoms with Crippen molar-refractivity contribution in [3.05, 3.63) is 101 Å². The number of aromatic nitrogens is 1. The van der Waals surface area contributed by atoms with Crippen LogP contribution in [0.5, 0.6) is 5.75 Å². The lowest BCUT2D eigenvalue weighted by Crippen LogP contribution is -2.58. The van der Waals surface area contributed by atoms with E-state index in [4.69, 9.17) is 0 Å². The molecule has 224 valence electrons. The molecule has 1 aromatic heterocycles. The first-order chi connectivity index (χ1) is 20.5. The van der Waals surface area contributed by atoms with E-state index in [1.54, 1.807) is 19.1 Å². The molecule has 5 N–H and O–H groups in total. The molecule has 10 heteroatoms. The van der Waals surface area contributed by atoms with E-state index in [9.17, 15) is 24.6 Å². The Labute approximate surface area is 254 Å². The Morgan fingerprint density at radius 3 is 2.51 bits per heavy atom. The first-order valence-corrected chi connectivity index (χ1v) is 15.1. The highest BCUT2D eigenvalue weighted by Crippen LogP contribution is 2.40. The molecule has 4 aromatic rings. The van der Waals surface area contributed by atoms with Crippen LogP contribution in [0.25, 0.3) is 10.9 Å². The summed E-state index contributed by atoms with van der Waals surface area (Å²) in [6, 6.07) is 21.9. The number of nitrogens with zero attached hydrogens (tertiary/aromatic N) is 1. The highest BCUT2D eigenvalue weighted by atomic mass is 32.2. The van der Waals surface area contributed by atoms with Gasteiger partial charge >= 0.3 is 0 Å². The third-order valence-corrected chi connectivity index (χ3v) is 9.29. The van der Waals surface area contributed by atoms with E-state index in [1.165, 1.54) is 22.7 Å². The average molecular weight is 601 g/mol. The number of benzene rings is 3. The minimum absolute atomic E-state index is 0.0264. The highest BCUT2D eigenvalue weighted by molar-refractivity contribution is 8.00. The van der Waals surface area contributed by atoms with Gasteiger partial charge in [-0.25, -0.2) is 0 Å². The van der Waals surface area contributed by atoms with Crippen LogP contribution in [0.4, 0.5) is 0 Å². The lowest BCUT2D eigenvalue weighted by molar-refractivity contribution is -0.147. The molecule has 3 amide bonds. The van der Waals surface area contributed by atoms with E-state index in [2.05, 4.69) is 15.6 Å². The van der Waals surface area contributed by atoms with E-state index < -0.39 is 34.7 Å². The molecule has 0 saturated carbocycles. The third-order valence-electron chi connectivity index (χ3n) is 7.91. The number of rotatable bonds is 9. The minimum Gasteiger partial charge on any atom is -0.508 e. The second-order valence-corrected chi connectivity index (χ2v) is 13.0. The monoisotopic (exact) mass is 600 g/mol. The van der Waals surface area contributed by atoms with Crippen molar-refractivity contribution < 1.29 is 24.6 Å². The van der Waals surface area contributed by atoms with E-state index >= 15 is 0 Å². The van der Waals surface area contributed by atoms with Crippen molar-refractivity contribution in [1.29, 1.82) is 0 Å². The van der Waals surface area contributed by atoms with Gasteiger partial charge in [-0.05, 0) is 62.4 Å². The summed E-state index contributed by atoms with van der Waals surface area (Å²) in [4.78, 5) is 45.5. The van der Waals surface area contributed by atoms with Crippen LogP contribution in [0.1, 0.15) is 41.0 Å². The number of hydrogen-bond donors (Lipinski definition) is 5. The number of aliphatic hydroxyl groups excluding tert-OH is 1. The van der Waals surface area contributed by atoms with Crippen molar-refractivity contribution in [1.82, 2.24) is 20.5 Å². The second-order valence-electron chi connectivity index (χ2n) is 11.4. The molecule has 1 fully saturated rings. The van der Waals surface area contributed by atoms with Crippen molar-refractivity contribution in [2.75, 3.05) is 5.88 Å². The largest absolute Gasteiger partial charge is 0.508 e. The van der Waals surface area contributed by atoms with Crippen molar-refractivity contribution in [3.8, 4) is 5.75 Å². The van der Waals surface area contributed by atoms with Crippen LogP contribution in [-0.4, -0.2) is 66.6 Å². The van der Waals surface area contributed by atoms with Crippen LogP contribution in [-0.2, 0) is 22.6 Å². The summed E-state index contributed by atoms with van der Waals surface area (Å²) in [6.07, 6.45) is -1.45. The molecule has 1 saturated heterocycles. The first-order valence-electron chi connectivity index (χ1n) is 14.2. The van der Waals surface area contributed by atoms with Crippen LogP contribution in [0.3, 0.4) is 0 Å². The fraction of sp³-hybridized carbons (Fsp3) is 0.303. The molecule has 1 aliphatic heterocycles. The van der Waals surface area contributed by atoms with Crippen LogP contribution < -0.4 is 10.6 Å². The molecule has 0 bridgehead atoms. The Kier molecular flexibility index (Phi) is 8.79. The standard InChI is InChI=1S/C33H36N4O5S/c1-20-24(13-9-15-27(20)38)30(40)36-26(16-21-10-5-4-6-11-21)28(39)32(42)37-19-43-33(2,3)29(37)31(41)34-18-23-17-22-12-7-8-14-25(22)35-23/h4-15,17,26,28-29,35,38-39H,16,18-19H2,1-3H3,(H,34,41)(H,36,40)/t26-,28-,29+/m0/s1. The maximum absolute atomic E-state index is 13.9. The number of phenolic OH excluding ortho intramolecular Hbond substituents is 1. The van der Waals surface area contributed by atoms with Crippen molar-refractivity contribution >= 4 is 40.4 Å². The topological polar surface area (TPSA) is 135 Å². The molecular formula is C33H36N4O5S. The average Bonchev–Trinajstić information content (AvgIpc) is 3.56. The predicted octanol–water partition coefficient (Wildman–Crippen LogP) is 3.88. The SMILES string of the molecule is Cc1c(O)cccc1C(=O)N[C@@H](Cc1ccccc1)[C@H](O)C(=O)N1CSC(C)(C)[C@H]1C(=O)NCc1cc2ccccc2[nH]1. The highest BCUT2D eigenvalue weighted by Gasteiger charge is 2.49. The van der Waals surface area contributed by atoms with Gasteiger partial charge in [-0.2, -0.15) is 0 Å². The number of thioether (sulfide) groups is 1. The molecule has 5 rings (SSSR count). The Morgan fingerprint density at radius 2 is 1.77 bits per heavy atom. The zero-order valence-corrected chi connectivity index (χ0v) is 25.2. The van der Waals surface area contributed by atoms with Gasteiger partial charge in [-0.3, -0.25) is 14.4 Å². The van der Waals surface area contributed by atoms with Gasteiger partial charge in [0.15, 0.2) is 6.10 Å². The van der Waals surface area contributed by atoms with Gasteiger partial charge in [-0.15, -0.1) is 11.8 Å². The number of aliphatic hydroxyl groups is 1. The summed E-state index contributed by atoms with van der Waals surface area (Å²) in [6.45, 7) is 5.68. The number of aromatic amines is 1. The summed E-state index contributed by atoms with van der Waals surface area (Å²) in [5.74, 6) is -1.30. The number of amides is 3. The van der Waals surface area contributed by atoms with Gasteiger partial charge in [0.1, 0.15) is 11.8 Å². The van der Waals surface area contributed by atoms with E-state index in [0.29, 0.717) is 5.56 Å². The normalized spacial score (nSPS) is 17.4. The molecule has 3 aromatic carbocycles. The van der Waals surface area contributed by atoms with Crippen molar-refractivity contribution in [3.63, 3.8) is 0 Å². The third kappa shape index (κ3) is 6.55. The molecule has 3 atom stereocenters. The van der Waals surface area contributed by atoms with Gasteiger partial charge in [-0.1, -0.05) is 54.6 Å². The van der Waals surface area contributed by atoms with Gasteiger partial charge in [0.25, 0.3) is 11.8 Å². The quantitative estimate of drug-likeness (QED) is 0.198. The molecule has 9 nitrogen and oxygen atoms in total. The minimum atomic E-state index is -1.62. The van der Waals surface area contributed by atoms with E-state index in [0.717, 1.165) is 22.2 Å². The second kappa shape index (κ2) is 12.5. The number of carbonyl (C=O) groups excluding carboxylic acids is 3. The van der Waals surface area contributed by atoms with Crippen molar-refractivity contribution in [2.24, 2.45) is 0 Å². The number of H-pyrrole nitrogens is 1. The molecule has 0 unspecified atom stereocenters. The molecular weight excluding hydrogens is 564 g/mol. The molecule has 1 aliphatic rings. The number of nitrogens with one attached hydrogen (secondary N) is 3. The Hall–Kier alpha value is -4.28. The maximum Gasteiger partial charge on any atom is 0.254 e. The number of phenols is 1. The van der Waals surface area contributed by atoms with Crippen LogP contribution >= 0.6 is 11.8 Å². The summed E-state index contributed by atoms with van der Waals surface area (Å²) in [5.41, 5.74) is 3.25. The molecule has 0 radical (unpaired) electrons. The van der Waals surface area contributed by atoms with Gasteiger partial charge < -0.3 is 30.7 Å². The van der Waals surface area contributed by atoms with E-state index in [1.807, 2.05) is 74.5 Å². The van der Waals surface area contributed by atoms with Crippen molar-refractivity contribution in [2.45, 2.75) is 56.7 Å². The lowest BCUT2D eigenvalue weighted by Gasteiger charge is -2.33. The Morgan fingerprint density at radius 1 is 1.05 bits per heavy atom. The van der Waals surface area contributed by atoms with Crippen LogP contribution in [0.2, 0.25) is 0 Å². The number of aromatic hydroxyl groups is 1. The fourth-order valence-electron chi connectivity index (χ4n) is 5.49. The molecule has 43 heavy (non-hydrogen) atoms. The Bertz CT molecular complexity index is 1600. The number of hydrogen-bond acceptors (Lipinski definition) is 6. The summed E-state index contributed by atoms with van der Waals surface area (Å²) in [7, 11) is 0. The van der Waals surface area contributed by atoms with E-state index in [-0.39, 0.29) is 36.1 Å². The predicted molar refractivity (Wildman–Crippen MR) is 168 cm³/mol. The summed E-state index contributed by atoms with van der Waals surface area (Å²) in [5, 5.41) is 28.4.